The van der Waals surface area contributed by atoms with Crippen LogP contribution in [0.3, 0.4) is 0 Å². The van der Waals surface area contributed by atoms with E-state index >= 15 is 0 Å². The van der Waals surface area contributed by atoms with Gasteiger partial charge in [-0.05, 0) is 61.1 Å². The summed E-state index contributed by atoms with van der Waals surface area (Å²) >= 11 is 17.0. The van der Waals surface area contributed by atoms with Crippen molar-refractivity contribution in [1.82, 2.24) is 10.0 Å². The fraction of sp³-hybridized carbons (Fsp3) is 0.200. The quantitative estimate of drug-likeness (QED) is 0.257. The van der Waals surface area contributed by atoms with E-state index in [1.807, 2.05) is 0 Å². The third-order valence-corrected chi connectivity index (χ3v) is 5.97. The molecule has 0 aliphatic heterocycles. The number of amides is 1. The summed E-state index contributed by atoms with van der Waals surface area (Å²) in [5.74, 6) is 0.213. The molecule has 0 saturated heterocycles. The average Bonchev–Trinajstić information content (AvgIpc) is 2.71. The number of nitrogens with one attached hydrogen (secondary N) is 3. The second-order valence-electron chi connectivity index (χ2n) is 6.19. The first-order chi connectivity index (χ1) is 14.7. The molecule has 0 atom stereocenters. The monoisotopic (exact) mass is 501 g/mol. The number of sulfonamides is 1. The van der Waals surface area contributed by atoms with Gasteiger partial charge in [0.2, 0.25) is 15.9 Å². The maximum atomic E-state index is 12.0. The molecule has 7 nitrogen and oxygen atoms in total. The van der Waals surface area contributed by atoms with Gasteiger partial charge in [-0.2, -0.15) is 0 Å². The Kier molecular flexibility index (Phi) is 9.73. The molecule has 11 heteroatoms. The molecule has 31 heavy (non-hydrogen) atoms. The van der Waals surface area contributed by atoms with Gasteiger partial charge in [0.25, 0.3) is 0 Å². The first-order valence-corrected chi connectivity index (χ1v) is 11.8. The number of rotatable bonds is 10. The fourth-order valence-electron chi connectivity index (χ4n) is 2.33. The number of carbonyl (C=O) groups excluding carboxylic acids is 1. The topological polar surface area (TPSA) is 96.5 Å². The predicted octanol–water partition coefficient (Wildman–Crippen LogP) is 4.13. The smallest absolute Gasteiger partial charge is 0.240 e. The summed E-state index contributed by atoms with van der Waals surface area (Å²) in [6.07, 6.45) is 2.10. The lowest BCUT2D eigenvalue weighted by atomic mass is 10.3. The number of thiocarbonyl (C=S) groups is 1. The summed E-state index contributed by atoms with van der Waals surface area (Å²) in [6.45, 7) is 3.90. The zero-order chi connectivity index (χ0) is 22.9. The van der Waals surface area contributed by atoms with E-state index in [1.54, 1.807) is 30.3 Å². The van der Waals surface area contributed by atoms with Gasteiger partial charge in [-0.1, -0.05) is 29.3 Å². The molecule has 0 aliphatic carbocycles. The van der Waals surface area contributed by atoms with E-state index in [4.69, 9.17) is 40.2 Å². The molecule has 2 aromatic carbocycles. The van der Waals surface area contributed by atoms with E-state index in [-0.39, 0.29) is 28.9 Å². The van der Waals surface area contributed by atoms with Gasteiger partial charge in [0.15, 0.2) is 5.11 Å². The van der Waals surface area contributed by atoms with Crippen LogP contribution >= 0.6 is 35.4 Å². The summed E-state index contributed by atoms with van der Waals surface area (Å²) in [5.41, 5.74) is 0.536. The molecule has 0 radical (unpaired) electrons. The van der Waals surface area contributed by atoms with Gasteiger partial charge in [-0.3, -0.25) is 4.79 Å². The van der Waals surface area contributed by atoms with Crippen LogP contribution in [0.15, 0.2) is 60.0 Å². The maximum absolute atomic E-state index is 12.0. The molecule has 0 fully saturated rings. The number of ether oxygens (including phenoxy) is 1. The number of hydrogen-bond acceptors (Lipinski definition) is 5. The Morgan fingerprint density at radius 1 is 1.16 bits per heavy atom. The Bertz CT molecular complexity index is 1040. The van der Waals surface area contributed by atoms with Gasteiger partial charge >= 0.3 is 0 Å². The number of anilines is 1. The third-order valence-electron chi connectivity index (χ3n) is 3.79. The lowest BCUT2D eigenvalue weighted by Crippen LogP contribution is -2.34. The van der Waals surface area contributed by atoms with Crippen LogP contribution in [0.5, 0.6) is 5.75 Å². The van der Waals surface area contributed by atoms with Crippen LogP contribution in [-0.4, -0.2) is 32.6 Å². The van der Waals surface area contributed by atoms with Crippen molar-refractivity contribution in [1.29, 1.82) is 0 Å². The minimum atomic E-state index is -3.60. The molecule has 0 heterocycles. The summed E-state index contributed by atoms with van der Waals surface area (Å²) in [7, 11) is -3.60. The molecular formula is C20H21Cl2N3O4S2. The zero-order valence-corrected chi connectivity index (χ0v) is 19.5. The number of halogens is 2. The molecule has 2 rings (SSSR count). The molecule has 0 aromatic heterocycles. The van der Waals surface area contributed by atoms with E-state index in [0.29, 0.717) is 34.5 Å². The van der Waals surface area contributed by atoms with E-state index in [2.05, 4.69) is 21.9 Å². The number of hydrogen-bond donors (Lipinski definition) is 3. The first kappa shape index (κ1) is 25.1. The summed E-state index contributed by atoms with van der Waals surface area (Å²) in [4.78, 5) is 12.1. The van der Waals surface area contributed by atoms with Crippen molar-refractivity contribution in [3.05, 3.63) is 65.2 Å². The van der Waals surface area contributed by atoms with Crippen LogP contribution in [-0.2, 0) is 14.8 Å². The van der Waals surface area contributed by atoms with Crippen LogP contribution in [0.4, 0.5) is 5.69 Å². The molecule has 1 amide bonds. The standard InChI is InChI=1S/C20H21Cl2N3O4S2/c1-2-11-23-31(27,28)16-8-6-15(7-9-16)24-20(30)25-19(26)4-3-12-29-18-10-5-14(21)13-17(18)22/h2,5-10,13,23H,1,3-4,11-12H2,(H2,24,25,26,30). The highest BCUT2D eigenvalue weighted by Gasteiger charge is 2.12. The van der Waals surface area contributed by atoms with Gasteiger partial charge in [0.1, 0.15) is 5.75 Å². The predicted molar refractivity (Wildman–Crippen MR) is 127 cm³/mol. The van der Waals surface area contributed by atoms with Crippen LogP contribution in [0, 0.1) is 0 Å². The Balaban J connectivity index is 1.75. The Labute approximate surface area is 196 Å². The second kappa shape index (κ2) is 12.0. The molecular weight excluding hydrogens is 481 g/mol. The molecule has 3 N–H and O–H groups in total. The van der Waals surface area contributed by atoms with E-state index < -0.39 is 10.0 Å². The minimum absolute atomic E-state index is 0.104. The Morgan fingerprint density at radius 2 is 1.87 bits per heavy atom. The van der Waals surface area contributed by atoms with Crippen molar-refractivity contribution in [2.45, 2.75) is 17.7 Å². The normalized spacial score (nSPS) is 10.9. The highest BCUT2D eigenvalue weighted by atomic mass is 35.5. The first-order valence-electron chi connectivity index (χ1n) is 9.10. The maximum Gasteiger partial charge on any atom is 0.240 e. The molecule has 0 unspecified atom stereocenters. The van der Waals surface area contributed by atoms with Crippen molar-refractivity contribution in [2.75, 3.05) is 18.5 Å². The molecule has 0 spiro atoms. The van der Waals surface area contributed by atoms with Gasteiger partial charge < -0.3 is 15.4 Å². The van der Waals surface area contributed by atoms with Crippen LogP contribution in [0.1, 0.15) is 12.8 Å². The van der Waals surface area contributed by atoms with Crippen LogP contribution in [0.25, 0.3) is 0 Å². The molecule has 0 saturated carbocycles. The van der Waals surface area contributed by atoms with Crippen molar-refractivity contribution >= 4 is 62.2 Å². The van der Waals surface area contributed by atoms with Gasteiger partial charge in [-0.25, -0.2) is 13.1 Å². The van der Waals surface area contributed by atoms with Crippen molar-refractivity contribution in [3.8, 4) is 5.75 Å². The zero-order valence-electron chi connectivity index (χ0n) is 16.4. The summed E-state index contributed by atoms with van der Waals surface area (Å²) in [6, 6.07) is 10.9. The van der Waals surface area contributed by atoms with Gasteiger partial charge in [0, 0.05) is 23.7 Å². The Morgan fingerprint density at radius 3 is 2.52 bits per heavy atom. The highest BCUT2D eigenvalue weighted by molar-refractivity contribution is 7.89. The lowest BCUT2D eigenvalue weighted by molar-refractivity contribution is -0.119. The largest absolute Gasteiger partial charge is 0.492 e. The SMILES string of the molecule is C=CCNS(=O)(=O)c1ccc(NC(=S)NC(=O)CCCOc2ccc(Cl)cc2Cl)cc1. The summed E-state index contributed by atoms with van der Waals surface area (Å²) < 4.78 is 32.0. The number of benzene rings is 2. The van der Waals surface area contributed by atoms with E-state index in [9.17, 15) is 13.2 Å². The van der Waals surface area contributed by atoms with Crippen molar-refractivity contribution in [2.24, 2.45) is 0 Å². The van der Waals surface area contributed by atoms with Crippen LogP contribution < -0.4 is 20.1 Å². The van der Waals surface area contributed by atoms with E-state index in [1.165, 1.54) is 18.2 Å². The molecule has 0 aliphatic rings. The second-order valence-corrected chi connectivity index (χ2v) is 9.21. The fourth-order valence-corrected chi connectivity index (χ4v) is 4.02. The van der Waals surface area contributed by atoms with Crippen molar-refractivity contribution in [3.63, 3.8) is 0 Å². The van der Waals surface area contributed by atoms with Gasteiger partial charge in [0.05, 0.1) is 16.5 Å². The molecule has 166 valence electrons. The minimum Gasteiger partial charge on any atom is -0.492 e. The average molecular weight is 502 g/mol. The third kappa shape index (κ3) is 8.47. The molecule has 2 aromatic rings. The molecule has 0 bridgehead atoms. The highest BCUT2D eigenvalue weighted by Crippen LogP contribution is 2.27. The van der Waals surface area contributed by atoms with Gasteiger partial charge in [-0.15, -0.1) is 6.58 Å². The van der Waals surface area contributed by atoms with Crippen molar-refractivity contribution < 1.29 is 17.9 Å². The number of carbonyl (C=O) groups is 1. The summed E-state index contributed by atoms with van der Waals surface area (Å²) in [5, 5.41) is 6.41. The lowest BCUT2D eigenvalue weighted by Gasteiger charge is -2.11. The van der Waals surface area contributed by atoms with E-state index in [0.717, 1.165) is 0 Å². The van der Waals surface area contributed by atoms with Crippen LogP contribution in [0.2, 0.25) is 10.0 Å². The Hall–Kier alpha value is -2.17.